The van der Waals surface area contributed by atoms with E-state index in [9.17, 15) is 13.2 Å². The zero-order valence-electron chi connectivity index (χ0n) is 17.2. The van der Waals surface area contributed by atoms with Gasteiger partial charge in [-0.2, -0.15) is 0 Å². The van der Waals surface area contributed by atoms with Gasteiger partial charge in [-0.15, -0.1) is 4.40 Å². The van der Waals surface area contributed by atoms with E-state index in [1.807, 2.05) is 18.2 Å². The van der Waals surface area contributed by atoms with Crippen molar-refractivity contribution in [2.24, 2.45) is 4.40 Å². The van der Waals surface area contributed by atoms with Crippen LogP contribution < -0.4 is 4.74 Å². The fourth-order valence-electron chi connectivity index (χ4n) is 4.53. The van der Waals surface area contributed by atoms with Crippen LogP contribution in [0.25, 0.3) is 10.9 Å². The third-order valence-corrected chi connectivity index (χ3v) is 7.38. The van der Waals surface area contributed by atoms with E-state index in [1.165, 1.54) is 5.56 Å². The van der Waals surface area contributed by atoms with Gasteiger partial charge in [0, 0.05) is 42.9 Å². The quantitative estimate of drug-likeness (QED) is 0.791. The van der Waals surface area contributed by atoms with E-state index in [0.717, 1.165) is 29.5 Å². The lowest BCUT2D eigenvalue weighted by Gasteiger charge is -2.35. The fraction of sp³-hybridized carbons (Fsp3) is 0.364. The number of nitrogens with one attached hydrogen (secondary N) is 1. The Kier molecular flexibility index (Phi) is 4.85. The predicted octanol–water partition coefficient (Wildman–Crippen LogP) is 2.38. The number of aromatic nitrogens is 1. The van der Waals surface area contributed by atoms with Crippen LogP contribution in [0.2, 0.25) is 0 Å². The van der Waals surface area contributed by atoms with Crippen LogP contribution in [0.1, 0.15) is 24.3 Å². The standard InChI is InChI=1S/C22H24N4O4S/c1-30-16-4-5-20-18(13-16)19(14-23-20)15-6-9-26(10-7-15)22(27)17-3-2-8-25-11-12-31(28,29)24-21(17)25/h2-5,8,13-15,23H,6-7,9-12H2,1H3. The molecule has 3 aliphatic heterocycles. The molecule has 1 N–H and O–H groups in total. The van der Waals surface area contributed by atoms with Gasteiger partial charge in [0.25, 0.3) is 15.9 Å². The molecule has 1 saturated heterocycles. The highest BCUT2D eigenvalue weighted by molar-refractivity contribution is 7.90. The molecule has 9 heteroatoms. The van der Waals surface area contributed by atoms with Gasteiger partial charge in [-0.1, -0.05) is 0 Å². The fourth-order valence-corrected chi connectivity index (χ4v) is 5.52. The van der Waals surface area contributed by atoms with Crippen LogP contribution >= 0.6 is 0 Å². The van der Waals surface area contributed by atoms with E-state index in [0.29, 0.717) is 31.1 Å². The highest BCUT2D eigenvalue weighted by Crippen LogP contribution is 2.35. The lowest BCUT2D eigenvalue weighted by molar-refractivity contribution is -0.127. The Hall–Kier alpha value is -3.07. The number of nitrogens with zero attached hydrogens (tertiary/aromatic N) is 3. The Labute approximate surface area is 180 Å². The molecule has 8 nitrogen and oxygen atoms in total. The van der Waals surface area contributed by atoms with Crippen molar-refractivity contribution in [3.63, 3.8) is 0 Å². The van der Waals surface area contributed by atoms with Gasteiger partial charge in [0.05, 0.1) is 18.4 Å². The first-order valence-electron chi connectivity index (χ1n) is 10.4. The van der Waals surface area contributed by atoms with Crippen LogP contribution in [0.15, 0.2) is 52.7 Å². The van der Waals surface area contributed by atoms with Crippen molar-refractivity contribution in [2.75, 3.05) is 32.5 Å². The van der Waals surface area contributed by atoms with Crippen molar-refractivity contribution >= 4 is 32.7 Å². The molecular weight excluding hydrogens is 416 g/mol. The molecule has 0 bridgehead atoms. The maximum Gasteiger partial charge on any atom is 0.257 e. The van der Waals surface area contributed by atoms with Crippen LogP contribution in [-0.4, -0.2) is 67.4 Å². The van der Waals surface area contributed by atoms with Crippen LogP contribution in [0.5, 0.6) is 5.75 Å². The maximum atomic E-state index is 13.2. The summed E-state index contributed by atoms with van der Waals surface area (Å²) in [5, 5.41) is 1.15. The molecule has 4 heterocycles. The molecule has 162 valence electrons. The predicted molar refractivity (Wildman–Crippen MR) is 119 cm³/mol. The summed E-state index contributed by atoms with van der Waals surface area (Å²) in [5.74, 6) is 1.21. The summed E-state index contributed by atoms with van der Waals surface area (Å²) in [7, 11) is -1.87. The number of amides is 1. The molecule has 0 unspecified atom stereocenters. The number of hydrogen-bond acceptors (Lipinski definition) is 5. The molecule has 1 amide bonds. The maximum absolute atomic E-state index is 13.2. The van der Waals surface area contributed by atoms with E-state index in [-0.39, 0.29) is 17.5 Å². The van der Waals surface area contributed by atoms with Crippen LogP contribution in [0, 0.1) is 0 Å². The van der Waals surface area contributed by atoms with Crippen molar-refractivity contribution in [1.82, 2.24) is 14.8 Å². The first-order chi connectivity index (χ1) is 14.9. The van der Waals surface area contributed by atoms with Gasteiger partial charge >= 0.3 is 0 Å². The van der Waals surface area contributed by atoms with Crippen molar-refractivity contribution < 1.29 is 17.9 Å². The van der Waals surface area contributed by atoms with Gasteiger partial charge in [0.1, 0.15) is 5.75 Å². The summed E-state index contributed by atoms with van der Waals surface area (Å²) in [6.45, 7) is 1.54. The van der Waals surface area contributed by atoms with Gasteiger partial charge in [-0.05, 0) is 54.7 Å². The zero-order valence-corrected chi connectivity index (χ0v) is 18.1. The van der Waals surface area contributed by atoms with Gasteiger partial charge in [0.15, 0.2) is 5.84 Å². The molecule has 0 saturated carbocycles. The minimum Gasteiger partial charge on any atom is -0.497 e. The molecule has 5 rings (SSSR count). The van der Waals surface area contributed by atoms with E-state index < -0.39 is 10.0 Å². The summed E-state index contributed by atoms with van der Waals surface area (Å²) in [4.78, 5) is 20.1. The molecular formula is C22H24N4O4S. The Morgan fingerprint density at radius 1 is 1.23 bits per heavy atom. The number of rotatable bonds is 3. The van der Waals surface area contributed by atoms with Crippen LogP contribution in [-0.2, 0) is 14.8 Å². The number of H-pyrrole nitrogens is 1. The number of piperidine rings is 1. The SMILES string of the molecule is COc1ccc2[nH]cc(C3CCN(C(=O)C4=CC=CN5CCS(=O)(=O)N=C45)CC3)c2c1. The smallest absolute Gasteiger partial charge is 0.257 e. The van der Waals surface area contributed by atoms with Crippen LogP contribution in [0.4, 0.5) is 0 Å². The average molecular weight is 441 g/mol. The Balaban J connectivity index is 1.33. The molecule has 3 aliphatic rings. The highest BCUT2D eigenvalue weighted by atomic mass is 32.2. The van der Waals surface area contributed by atoms with Crippen molar-refractivity contribution in [3.8, 4) is 5.75 Å². The van der Waals surface area contributed by atoms with E-state index in [1.54, 1.807) is 35.3 Å². The second kappa shape index (κ2) is 7.56. The lowest BCUT2D eigenvalue weighted by Crippen LogP contribution is -2.45. The summed E-state index contributed by atoms with van der Waals surface area (Å²) in [6, 6.07) is 6.01. The van der Waals surface area contributed by atoms with Gasteiger partial charge in [-0.3, -0.25) is 4.79 Å². The number of amidine groups is 1. The third-order valence-electron chi connectivity index (χ3n) is 6.23. The average Bonchev–Trinajstić information content (AvgIpc) is 3.21. The first kappa shape index (κ1) is 19.9. The lowest BCUT2D eigenvalue weighted by atomic mass is 9.89. The van der Waals surface area contributed by atoms with Crippen molar-refractivity contribution in [2.45, 2.75) is 18.8 Å². The number of sulfonamides is 1. The molecule has 2 aromatic rings. The number of benzene rings is 1. The molecule has 1 aromatic carbocycles. The van der Waals surface area contributed by atoms with Crippen molar-refractivity contribution in [1.29, 1.82) is 0 Å². The second-order valence-electron chi connectivity index (χ2n) is 8.04. The molecule has 0 radical (unpaired) electrons. The van der Waals surface area contributed by atoms with Crippen molar-refractivity contribution in [3.05, 3.63) is 53.9 Å². The van der Waals surface area contributed by atoms with Crippen LogP contribution in [0.3, 0.4) is 0 Å². The van der Waals surface area contributed by atoms with Gasteiger partial charge in [0.2, 0.25) is 0 Å². The van der Waals surface area contributed by atoms with E-state index in [4.69, 9.17) is 4.74 Å². The molecule has 1 fully saturated rings. The number of methoxy groups -OCH3 is 1. The number of carbonyl (C=O) groups is 1. The number of carbonyl (C=O) groups excluding carboxylic acids is 1. The van der Waals surface area contributed by atoms with E-state index >= 15 is 0 Å². The molecule has 1 aromatic heterocycles. The Morgan fingerprint density at radius 2 is 2.03 bits per heavy atom. The number of hydrogen-bond donors (Lipinski definition) is 1. The number of ether oxygens (including phenoxy) is 1. The summed E-state index contributed by atoms with van der Waals surface area (Å²) >= 11 is 0. The second-order valence-corrected chi connectivity index (χ2v) is 9.79. The van der Waals surface area contributed by atoms with Gasteiger partial charge in [-0.25, -0.2) is 8.42 Å². The molecule has 0 atom stereocenters. The number of aromatic amines is 1. The largest absolute Gasteiger partial charge is 0.497 e. The third kappa shape index (κ3) is 3.63. The summed E-state index contributed by atoms with van der Waals surface area (Å²) < 4.78 is 33.2. The van der Waals surface area contributed by atoms with Gasteiger partial charge < -0.3 is 19.5 Å². The summed E-state index contributed by atoms with van der Waals surface area (Å²) in [6.07, 6.45) is 8.94. The normalized spacial score (nSPS) is 20.9. The number of likely N-dealkylation sites (tertiary alicyclic amines) is 1. The minimum atomic E-state index is -3.53. The highest BCUT2D eigenvalue weighted by Gasteiger charge is 2.33. The Bertz CT molecular complexity index is 1230. The number of fused-ring (bicyclic) bond motifs is 2. The Morgan fingerprint density at radius 3 is 2.81 bits per heavy atom. The first-order valence-corrected chi connectivity index (χ1v) is 12.0. The zero-order chi connectivity index (χ0) is 21.6. The summed E-state index contributed by atoms with van der Waals surface area (Å²) in [5.41, 5.74) is 2.67. The molecule has 0 spiro atoms. The van der Waals surface area contributed by atoms with E-state index in [2.05, 4.69) is 15.6 Å². The molecule has 0 aliphatic carbocycles. The molecule has 31 heavy (non-hydrogen) atoms. The monoisotopic (exact) mass is 440 g/mol. The minimum absolute atomic E-state index is 0.0386. The number of allylic oxidation sites excluding steroid dienone is 2. The topological polar surface area (TPSA) is 95.1 Å².